The number of hydrogen-bond donors (Lipinski definition) is 2. The summed E-state index contributed by atoms with van der Waals surface area (Å²) in [7, 11) is 1.36. The van der Waals surface area contributed by atoms with E-state index in [4.69, 9.17) is 9.26 Å². The highest BCUT2D eigenvalue weighted by Crippen LogP contribution is 2.30. The Morgan fingerprint density at radius 3 is 2.53 bits per heavy atom. The number of carbonyl (C=O) groups is 2. The van der Waals surface area contributed by atoms with Gasteiger partial charge in [0.05, 0.1) is 24.8 Å². The molecule has 1 heterocycles. The number of hydrogen-bond acceptors (Lipinski definition) is 5. The van der Waals surface area contributed by atoms with Crippen LogP contribution in [-0.2, 0) is 15.7 Å². The van der Waals surface area contributed by atoms with E-state index in [1.54, 1.807) is 12.1 Å². The second kappa shape index (κ2) is 10.1. The van der Waals surface area contributed by atoms with Crippen molar-refractivity contribution in [1.29, 1.82) is 0 Å². The lowest BCUT2D eigenvalue weighted by Crippen LogP contribution is -2.40. The Kier molecular flexibility index (Phi) is 7.26. The number of halogens is 3. The first-order valence-corrected chi connectivity index (χ1v) is 9.53. The van der Waals surface area contributed by atoms with Crippen molar-refractivity contribution < 1.29 is 32.0 Å². The summed E-state index contributed by atoms with van der Waals surface area (Å²) in [5.41, 5.74) is 0.118. The maximum absolute atomic E-state index is 13.0. The third-order valence-electron chi connectivity index (χ3n) is 4.50. The molecule has 0 aliphatic carbocycles. The molecule has 0 fully saturated rings. The number of nitrogens with one attached hydrogen (secondary N) is 2. The Balaban J connectivity index is 1.60. The molecule has 0 saturated carbocycles. The first-order valence-electron chi connectivity index (χ1n) is 9.53. The number of aromatic nitrogens is 1. The van der Waals surface area contributed by atoms with E-state index < -0.39 is 36.1 Å². The average molecular weight is 447 g/mol. The largest absolute Gasteiger partial charge is 0.416 e. The molecule has 0 bridgehead atoms. The molecule has 2 N–H and O–H groups in total. The molecule has 0 aliphatic heterocycles. The topological polar surface area (TPSA) is 93.5 Å². The van der Waals surface area contributed by atoms with Crippen molar-refractivity contribution in [2.24, 2.45) is 0 Å². The van der Waals surface area contributed by atoms with Gasteiger partial charge in [0, 0.05) is 18.7 Å². The maximum Gasteiger partial charge on any atom is 0.416 e. The summed E-state index contributed by atoms with van der Waals surface area (Å²) in [4.78, 5) is 24.6. The van der Waals surface area contributed by atoms with Gasteiger partial charge < -0.3 is 19.9 Å². The molecule has 0 spiro atoms. The van der Waals surface area contributed by atoms with Crippen molar-refractivity contribution in [3.05, 3.63) is 77.5 Å². The van der Waals surface area contributed by atoms with Gasteiger partial charge in [-0.05, 0) is 17.7 Å². The SMILES string of the molecule is COCC(NC(=O)CNC(=O)c1cc(-c2ccccc2)on1)c1cccc(C(F)(F)F)c1. The predicted octanol–water partition coefficient (Wildman–Crippen LogP) is 3.59. The lowest BCUT2D eigenvalue weighted by atomic mass is 10.0. The molecule has 0 radical (unpaired) electrons. The molecule has 0 saturated heterocycles. The van der Waals surface area contributed by atoms with Gasteiger partial charge in [-0.3, -0.25) is 9.59 Å². The fourth-order valence-electron chi connectivity index (χ4n) is 2.94. The van der Waals surface area contributed by atoms with Crippen LogP contribution >= 0.6 is 0 Å². The van der Waals surface area contributed by atoms with E-state index in [-0.39, 0.29) is 17.9 Å². The first kappa shape index (κ1) is 23.0. The van der Waals surface area contributed by atoms with E-state index in [1.165, 1.54) is 25.3 Å². The van der Waals surface area contributed by atoms with Gasteiger partial charge in [0.15, 0.2) is 11.5 Å². The normalized spacial score (nSPS) is 12.2. The number of nitrogens with zero attached hydrogens (tertiary/aromatic N) is 1. The van der Waals surface area contributed by atoms with Crippen LogP contribution in [0.2, 0.25) is 0 Å². The Hall–Kier alpha value is -3.66. The van der Waals surface area contributed by atoms with E-state index in [1.807, 2.05) is 18.2 Å². The van der Waals surface area contributed by atoms with E-state index in [0.717, 1.165) is 17.7 Å². The molecule has 10 heteroatoms. The molecule has 1 aromatic heterocycles. The van der Waals surface area contributed by atoms with Gasteiger partial charge >= 0.3 is 6.18 Å². The van der Waals surface area contributed by atoms with Crippen LogP contribution < -0.4 is 10.6 Å². The van der Waals surface area contributed by atoms with E-state index in [2.05, 4.69) is 15.8 Å². The van der Waals surface area contributed by atoms with Crippen LogP contribution in [0.4, 0.5) is 13.2 Å². The Labute approximate surface area is 181 Å². The van der Waals surface area contributed by atoms with E-state index in [9.17, 15) is 22.8 Å². The summed E-state index contributed by atoms with van der Waals surface area (Å²) in [6, 6.07) is 14.2. The predicted molar refractivity (Wildman–Crippen MR) is 108 cm³/mol. The number of benzene rings is 2. The van der Waals surface area contributed by atoms with Gasteiger partial charge in [0.2, 0.25) is 5.91 Å². The molecule has 0 aliphatic rings. The molecule has 2 amide bonds. The second-order valence-corrected chi connectivity index (χ2v) is 6.82. The summed E-state index contributed by atoms with van der Waals surface area (Å²) >= 11 is 0. The monoisotopic (exact) mass is 447 g/mol. The van der Waals surface area contributed by atoms with Gasteiger partial charge in [-0.1, -0.05) is 47.6 Å². The molecule has 7 nitrogen and oxygen atoms in total. The number of methoxy groups -OCH3 is 1. The zero-order valence-corrected chi connectivity index (χ0v) is 17.0. The number of alkyl halides is 3. The van der Waals surface area contributed by atoms with Crippen LogP contribution in [0.25, 0.3) is 11.3 Å². The first-order chi connectivity index (χ1) is 15.3. The molecule has 2 aromatic carbocycles. The minimum atomic E-state index is -4.51. The van der Waals surface area contributed by atoms with Crippen molar-refractivity contribution >= 4 is 11.8 Å². The van der Waals surface area contributed by atoms with Crippen molar-refractivity contribution in [3.8, 4) is 11.3 Å². The molecule has 32 heavy (non-hydrogen) atoms. The highest BCUT2D eigenvalue weighted by Gasteiger charge is 2.31. The van der Waals surface area contributed by atoms with Crippen LogP contribution in [0.5, 0.6) is 0 Å². The lowest BCUT2D eigenvalue weighted by molar-refractivity contribution is -0.137. The lowest BCUT2D eigenvalue weighted by Gasteiger charge is -2.20. The van der Waals surface area contributed by atoms with Gasteiger partial charge in [-0.15, -0.1) is 0 Å². The Morgan fingerprint density at radius 1 is 1.09 bits per heavy atom. The molecule has 1 atom stereocenters. The van der Waals surface area contributed by atoms with Crippen LogP contribution in [0.15, 0.2) is 65.2 Å². The number of amides is 2. The van der Waals surface area contributed by atoms with Gasteiger partial charge in [0.1, 0.15) is 0 Å². The molecule has 3 rings (SSSR count). The number of carbonyl (C=O) groups excluding carboxylic acids is 2. The number of ether oxygens (including phenoxy) is 1. The Morgan fingerprint density at radius 2 is 1.84 bits per heavy atom. The highest BCUT2D eigenvalue weighted by atomic mass is 19.4. The highest BCUT2D eigenvalue weighted by molar-refractivity contribution is 5.95. The van der Waals surface area contributed by atoms with Crippen LogP contribution in [0.1, 0.15) is 27.7 Å². The summed E-state index contributed by atoms with van der Waals surface area (Å²) in [6.07, 6.45) is -4.51. The van der Waals surface area contributed by atoms with Crippen LogP contribution in [0, 0.1) is 0 Å². The fraction of sp³-hybridized carbons (Fsp3) is 0.227. The van der Waals surface area contributed by atoms with E-state index in [0.29, 0.717) is 5.76 Å². The average Bonchev–Trinajstić information content (AvgIpc) is 3.28. The summed E-state index contributed by atoms with van der Waals surface area (Å²) < 4.78 is 49.1. The third kappa shape index (κ3) is 5.94. The summed E-state index contributed by atoms with van der Waals surface area (Å²) in [5.74, 6) is -0.845. The van der Waals surface area contributed by atoms with Crippen molar-refractivity contribution in [3.63, 3.8) is 0 Å². The second-order valence-electron chi connectivity index (χ2n) is 6.82. The van der Waals surface area contributed by atoms with E-state index >= 15 is 0 Å². The minimum Gasteiger partial charge on any atom is -0.382 e. The Bertz CT molecular complexity index is 1070. The number of rotatable bonds is 8. The van der Waals surface area contributed by atoms with Crippen molar-refractivity contribution in [1.82, 2.24) is 15.8 Å². The van der Waals surface area contributed by atoms with Crippen molar-refractivity contribution in [2.75, 3.05) is 20.3 Å². The summed E-state index contributed by atoms with van der Waals surface area (Å²) in [5, 5.41) is 8.66. The smallest absolute Gasteiger partial charge is 0.382 e. The zero-order valence-electron chi connectivity index (χ0n) is 17.0. The van der Waals surface area contributed by atoms with Gasteiger partial charge in [-0.25, -0.2) is 0 Å². The maximum atomic E-state index is 13.0. The fourth-order valence-corrected chi connectivity index (χ4v) is 2.94. The molecule has 1 unspecified atom stereocenters. The quantitative estimate of drug-likeness (QED) is 0.551. The van der Waals surface area contributed by atoms with Gasteiger partial charge in [-0.2, -0.15) is 13.2 Å². The standard InChI is InChI=1S/C22H20F3N3O4/c1-31-13-18(15-8-5-9-16(10-15)22(23,24)25)27-20(29)12-26-21(30)17-11-19(32-28-17)14-6-3-2-4-7-14/h2-11,18H,12-13H2,1H3,(H,26,30)(H,27,29). The molecular formula is C22H20F3N3O4. The van der Waals surface area contributed by atoms with Crippen LogP contribution in [0.3, 0.4) is 0 Å². The molecule has 3 aromatic rings. The van der Waals surface area contributed by atoms with Gasteiger partial charge in [0.25, 0.3) is 5.91 Å². The molecular weight excluding hydrogens is 427 g/mol. The van der Waals surface area contributed by atoms with Crippen LogP contribution in [-0.4, -0.2) is 37.2 Å². The minimum absolute atomic E-state index is 0.0111. The molecule has 168 valence electrons. The van der Waals surface area contributed by atoms with Crippen molar-refractivity contribution in [2.45, 2.75) is 12.2 Å². The zero-order chi connectivity index (χ0) is 23.1. The summed E-state index contributed by atoms with van der Waals surface area (Å²) in [6.45, 7) is -0.462. The third-order valence-corrected chi connectivity index (χ3v) is 4.50.